The molecule has 2 rings (SSSR count). The molecule has 2 aromatic rings. The van der Waals surface area contributed by atoms with Crippen LogP contribution in [0.2, 0.25) is 5.02 Å². The minimum Gasteiger partial charge on any atom is -0.424 e. The molecule has 1 aromatic carbocycles. The Hall–Kier alpha value is -1.65. The number of aromatic nitrogens is 2. The van der Waals surface area contributed by atoms with E-state index in [-0.39, 0.29) is 6.01 Å². The molecule has 0 amide bonds. The van der Waals surface area contributed by atoms with Crippen LogP contribution in [-0.4, -0.2) is 16.5 Å². The highest BCUT2D eigenvalue weighted by atomic mass is 35.5. The SMILES string of the molecule is NCCc1ccc(Oc2ncc(Cl)cn2)cc1. The van der Waals surface area contributed by atoms with Crippen LogP contribution < -0.4 is 10.5 Å². The summed E-state index contributed by atoms with van der Waals surface area (Å²) in [6.07, 6.45) is 3.84. The van der Waals surface area contributed by atoms with Gasteiger partial charge in [-0.3, -0.25) is 0 Å². The van der Waals surface area contributed by atoms with E-state index in [1.807, 2.05) is 24.3 Å². The predicted octanol–water partition coefficient (Wildman–Crippen LogP) is 2.42. The molecule has 1 aromatic heterocycles. The van der Waals surface area contributed by atoms with Gasteiger partial charge in [0.1, 0.15) is 5.75 Å². The van der Waals surface area contributed by atoms with Crippen molar-refractivity contribution in [2.24, 2.45) is 5.73 Å². The van der Waals surface area contributed by atoms with Gasteiger partial charge >= 0.3 is 6.01 Å². The van der Waals surface area contributed by atoms with Crippen molar-refractivity contribution in [3.63, 3.8) is 0 Å². The van der Waals surface area contributed by atoms with Gasteiger partial charge in [-0.25, -0.2) is 9.97 Å². The van der Waals surface area contributed by atoms with Crippen molar-refractivity contribution in [1.29, 1.82) is 0 Å². The number of nitrogens with zero attached hydrogens (tertiary/aromatic N) is 2. The summed E-state index contributed by atoms with van der Waals surface area (Å²) in [5, 5.41) is 0.482. The lowest BCUT2D eigenvalue weighted by molar-refractivity contribution is 0.441. The molecule has 1 heterocycles. The zero-order valence-electron chi connectivity index (χ0n) is 9.14. The molecule has 0 aliphatic heterocycles. The van der Waals surface area contributed by atoms with Crippen molar-refractivity contribution in [1.82, 2.24) is 9.97 Å². The highest BCUT2D eigenvalue weighted by molar-refractivity contribution is 6.30. The van der Waals surface area contributed by atoms with Gasteiger partial charge in [0, 0.05) is 0 Å². The molecule has 88 valence electrons. The van der Waals surface area contributed by atoms with Crippen LogP contribution >= 0.6 is 11.6 Å². The van der Waals surface area contributed by atoms with Gasteiger partial charge in [-0.05, 0) is 30.7 Å². The topological polar surface area (TPSA) is 61.0 Å². The van der Waals surface area contributed by atoms with E-state index in [4.69, 9.17) is 22.1 Å². The van der Waals surface area contributed by atoms with Crippen molar-refractivity contribution < 1.29 is 4.74 Å². The van der Waals surface area contributed by atoms with Crippen molar-refractivity contribution in [3.05, 3.63) is 47.2 Å². The third-order valence-corrected chi connectivity index (χ3v) is 2.36. The lowest BCUT2D eigenvalue weighted by Gasteiger charge is -2.04. The molecule has 0 fully saturated rings. The van der Waals surface area contributed by atoms with E-state index in [2.05, 4.69) is 9.97 Å². The monoisotopic (exact) mass is 249 g/mol. The maximum Gasteiger partial charge on any atom is 0.321 e. The van der Waals surface area contributed by atoms with Gasteiger partial charge in [-0.1, -0.05) is 23.7 Å². The molecule has 0 unspecified atom stereocenters. The third-order valence-electron chi connectivity index (χ3n) is 2.16. The Balaban J connectivity index is 2.05. The Morgan fingerprint density at radius 3 is 2.35 bits per heavy atom. The lowest BCUT2D eigenvalue weighted by Crippen LogP contribution is -2.02. The minimum atomic E-state index is 0.279. The number of hydrogen-bond donors (Lipinski definition) is 1. The Labute approximate surface area is 104 Å². The second-order valence-electron chi connectivity index (χ2n) is 3.47. The van der Waals surface area contributed by atoms with Crippen molar-refractivity contribution in [3.8, 4) is 11.8 Å². The maximum atomic E-state index is 5.68. The molecular formula is C12H12ClN3O. The van der Waals surface area contributed by atoms with Crippen molar-refractivity contribution in [2.45, 2.75) is 6.42 Å². The van der Waals surface area contributed by atoms with Gasteiger partial charge in [-0.15, -0.1) is 0 Å². The smallest absolute Gasteiger partial charge is 0.321 e. The molecule has 4 nitrogen and oxygen atoms in total. The van der Waals surface area contributed by atoms with E-state index in [0.717, 1.165) is 6.42 Å². The summed E-state index contributed by atoms with van der Waals surface area (Å²) in [5.74, 6) is 0.688. The number of hydrogen-bond acceptors (Lipinski definition) is 4. The summed E-state index contributed by atoms with van der Waals surface area (Å²) < 4.78 is 5.45. The number of ether oxygens (including phenoxy) is 1. The molecule has 0 radical (unpaired) electrons. The Morgan fingerprint density at radius 1 is 1.12 bits per heavy atom. The summed E-state index contributed by atoms with van der Waals surface area (Å²) in [7, 11) is 0. The van der Waals surface area contributed by atoms with Gasteiger partial charge in [0.25, 0.3) is 0 Å². The molecule has 2 N–H and O–H groups in total. The fraction of sp³-hybridized carbons (Fsp3) is 0.167. The summed E-state index contributed by atoms with van der Waals surface area (Å²) in [5.41, 5.74) is 6.65. The van der Waals surface area contributed by atoms with Crippen molar-refractivity contribution in [2.75, 3.05) is 6.54 Å². The zero-order chi connectivity index (χ0) is 12.1. The van der Waals surface area contributed by atoms with E-state index in [1.165, 1.54) is 18.0 Å². The van der Waals surface area contributed by atoms with Crippen LogP contribution in [0.4, 0.5) is 0 Å². The molecule has 0 spiro atoms. The molecular weight excluding hydrogens is 238 g/mol. The molecule has 0 saturated heterocycles. The fourth-order valence-electron chi connectivity index (χ4n) is 1.35. The second-order valence-corrected chi connectivity index (χ2v) is 3.90. The third kappa shape index (κ3) is 3.41. The summed E-state index contributed by atoms with van der Waals surface area (Å²) >= 11 is 5.68. The minimum absolute atomic E-state index is 0.279. The summed E-state index contributed by atoms with van der Waals surface area (Å²) in [4.78, 5) is 7.89. The van der Waals surface area contributed by atoms with Crippen molar-refractivity contribution >= 4 is 11.6 Å². The Morgan fingerprint density at radius 2 is 1.76 bits per heavy atom. The number of rotatable bonds is 4. The molecule has 0 atom stereocenters. The van der Waals surface area contributed by atoms with Crippen LogP contribution in [0.25, 0.3) is 0 Å². The van der Waals surface area contributed by atoms with Gasteiger partial charge in [-0.2, -0.15) is 0 Å². The van der Waals surface area contributed by atoms with Gasteiger partial charge in [0.15, 0.2) is 0 Å². The molecule has 0 saturated carbocycles. The normalized spacial score (nSPS) is 10.2. The highest BCUT2D eigenvalue weighted by Gasteiger charge is 2.00. The van der Waals surface area contributed by atoms with Crippen LogP contribution in [0.15, 0.2) is 36.7 Å². The first-order chi connectivity index (χ1) is 8.28. The van der Waals surface area contributed by atoms with Gasteiger partial charge in [0.05, 0.1) is 17.4 Å². The average Bonchev–Trinajstić information content (AvgIpc) is 2.35. The maximum absolute atomic E-state index is 5.68. The van der Waals surface area contributed by atoms with Gasteiger partial charge < -0.3 is 10.5 Å². The molecule has 0 aliphatic rings. The lowest BCUT2D eigenvalue weighted by atomic mass is 10.1. The molecule has 17 heavy (non-hydrogen) atoms. The molecule has 0 aliphatic carbocycles. The summed E-state index contributed by atoms with van der Waals surface area (Å²) in [6.45, 7) is 0.639. The number of halogens is 1. The number of benzene rings is 1. The van der Waals surface area contributed by atoms with E-state index in [1.54, 1.807) is 0 Å². The quantitative estimate of drug-likeness (QED) is 0.904. The van der Waals surface area contributed by atoms with Crippen LogP contribution in [0.3, 0.4) is 0 Å². The highest BCUT2D eigenvalue weighted by Crippen LogP contribution is 2.18. The second kappa shape index (κ2) is 5.61. The largest absolute Gasteiger partial charge is 0.424 e. The first-order valence-electron chi connectivity index (χ1n) is 5.22. The fourth-order valence-corrected chi connectivity index (χ4v) is 1.45. The summed E-state index contributed by atoms with van der Waals surface area (Å²) in [6, 6.07) is 7.95. The average molecular weight is 250 g/mol. The Bertz CT molecular complexity index is 470. The first-order valence-corrected chi connectivity index (χ1v) is 5.60. The van der Waals surface area contributed by atoms with E-state index >= 15 is 0 Å². The predicted molar refractivity (Wildman–Crippen MR) is 66.3 cm³/mol. The molecule has 0 bridgehead atoms. The van der Waals surface area contributed by atoms with Crippen LogP contribution in [0, 0.1) is 0 Å². The first kappa shape index (κ1) is 11.8. The molecule has 5 heteroatoms. The van der Waals surface area contributed by atoms with Crippen LogP contribution in [0.5, 0.6) is 11.8 Å². The number of nitrogens with two attached hydrogens (primary N) is 1. The van der Waals surface area contributed by atoms with Gasteiger partial charge in [0.2, 0.25) is 0 Å². The standard InChI is InChI=1S/C12H12ClN3O/c13-10-7-15-12(16-8-10)17-11-3-1-9(2-4-11)5-6-14/h1-4,7-8H,5-6,14H2. The Kier molecular flexibility index (Phi) is 3.90. The van der Waals surface area contributed by atoms with E-state index < -0.39 is 0 Å². The van der Waals surface area contributed by atoms with E-state index in [0.29, 0.717) is 17.3 Å². The zero-order valence-corrected chi connectivity index (χ0v) is 9.89. The van der Waals surface area contributed by atoms with Crippen LogP contribution in [-0.2, 0) is 6.42 Å². The van der Waals surface area contributed by atoms with E-state index in [9.17, 15) is 0 Å². The van der Waals surface area contributed by atoms with Crippen LogP contribution in [0.1, 0.15) is 5.56 Å².